The van der Waals surface area contributed by atoms with Gasteiger partial charge in [0.1, 0.15) is 0 Å². The quantitative estimate of drug-likeness (QED) is 0.708. The summed E-state index contributed by atoms with van der Waals surface area (Å²) in [5.74, 6) is 0.442. The zero-order valence-electron chi connectivity index (χ0n) is 11.8. The predicted molar refractivity (Wildman–Crippen MR) is 70.0 cm³/mol. The summed E-state index contributed by atoms with van der Waals surface area (Å²) in [5, 5.41) is 0. The van der Waals surface area contributed by atoms with E-state index in [-0.39, 0.29) is 17.8 Å². The Morgan fingerprint density at radius 3 is 2.72 bits per heavy atom. The van der Waals surface area contributed by atoms with Gasteiger partial charge in [0.25, 0.3) is 0 Å². The van der Waals surface area contributed by atoms with Crippen LogP contribution in [0.3, 0.4) is 0 Å². The molecular formula is C14H25NO3. The Hall–Kier alpha value is -1.06. The topological polar surface area (TPSA) is 46.6 Å². The monoisotopic (exact) mass is 255 g/mol. The van der Waals surface area contributed by atoms with Gasteiger partial charge in [-0.1, -0.05) is 13.8 Å². The van der Waals surface area contributed by atoms with Gasteiger partial charge in [-0.3, -0.25) is 9.59 Å². The van der Waals surface area contributed by atoms with E-state index in [9.17, 15) is 9.59 Å². The Balaban J connectivity index is 2.42. The van der Waals surface area contributed by atoms with Gasteiger partial charge in [0.05, 0.1) is 12.5 Å². The molecule has 1 fully saturated rings. The number of ether oxygens (including phenoxy) is 1. The van der Waals surface area contributed by atoms with Gasteiger partial charge in [0, 0.05) is 19.5 Å². The molecule has 0 aromatic rings. The van der Waals surface area contributed by atoms with Crippen LogP contribution >= 0.6 is 0 Å². The number of hydrogen-bond donors (Lipinski definition) is 0. The predicted octanol–water partition coefficient (Wildman–Crippen LogP) is 2.22. The highest BCUT2D eigenvalue weighted by atomic mass is 16.5. The molecular weight excluding hydrogens is 230 g/mol. The van der Waals surface area contributed by atoms with Crippen LogP contribution in [0.4, 0.5) is 0 Å². The van der Waals surface area contributed by atoms with Crippen LogP contribution in [0, 0.1) is 11.8 Å². The van der Waals surface area contributed by atoms with Gasteiger partial charge in [-0.25, -0.2) is 0 Å². The molecule has 1 atom stereocenters. The summed E-state index contributed by atoms with van der Waals surface area (Å²) in [4.78, 5) is 25.5. The van der Waals surface area contributed by atoms with Crippen LogP contribution in [0.1, 0.15) is 46.5 Å². The molecule has 18 heavy (non-hydrogen) atoms. The third kappa shape index (κ3) is 4.67. The Morgan fingerprint density at radius 1 is 1.39 bits per heavy atom. The first-order valence-corrected chi connectivity index (χ1v) is 6.99. The van der Waals surface area contributed by atoms with Crippen LogP contribution in [0.2, 0.25) is 0 Å². The summed E-state index contributed by atoms with van der Waals surface area (Å²) in [6, 6.07) is 0. The number of nitrogens with zero attached hydrogens (tertiary/aromatic N) is 1. The first-order chi connectivity index (χ1) is 8.54. The minimum atomic E-state index is -0.154. The Morgan fingerprint density at radius 2 is 2.11 bits per heavy atom. The van der Waals surface area contributed by atoms with Crippen molar-refractivity contribution in [2.75, 3.05) is 19.7 Å². The van der Waals surface area contributed by atoms with Crippen molar-refractivity contribution in [1.29, 1.82) is 0 Å². The zero-order valence-corrected chi connectivity index (χ0v) is 11.8. The third-order valence-electron chi connectivity index (χ3n) is 3.33. The molecule has 1 aliphatic rings. The highest BCUT2D eigenvalue weighted by Crippen LogP contribution is 2.19. The number of esters is 1. The molecule has 1 saturated heterocycles. The summed E-state index contributed by atoms with van der Waals surface area (Å²) >= 11 is 0. The number of carbonyl (C=O) groups excluding carboxylic acids is 2. The van der Waals surface area contributed by atoms with Crippen LogP contribution in [0.15, 0.2) is 0 Å². The molecule has 1 heterocycles. The fourth-order valence-corrected chi connectivity index (χ4v) is 2.23. The normalized spacial score (nSPS) is 20.0. The van der Waals surface area contributed by atoms with Crippen LogP contribution < -0.4 is 0 Å². The van der Waals surface area contributed by atoms with E-state index >= 15 is 0 Å². The smallest absolute Gasteiger partial charge is 0.310 e. The van der Waals surface area contributed by atoms with Crippen molar-refractivity contribution in [2.24, 2.45) is 11.8 Å². The van der Waals surface area contributed by atoms with Gasteiger partial charge in [0.2, 0.25) is 5.91 Å². The van der Waals surface area contributed by atoms with E-state index in [1.54, 1.807) is 0 Å². The van der Waals surface area contributed by atoms with Crippen LogP contribution in [0.5, 0.6) is 0 Å². The maximum absolute atomic E-state index is 12.0. The summed E-state index contributed by atoms with van der Waals surface area (Å²) in [6.45, 7) is 7.78. The fraction of sp³-hybridized carbons (Fsp3) is 0.857. The van der Waals surface area contributed by atoms with E-state index in [1.165, 1.54) is 0 Å². The molecule has 0 aromatic heterocycles. The van der Waals surface area contributed by atoms with Crippen molar-refractivity contribution in [3.8, 4) is 0 Å². The highest BCUT2D eigenvalue weighted by Gasteiger charge is 2.28. The molecule has 104 valence electrons. The molecule has 4 heteroatoms. The first kappa shape index (κ1) is 15.0. The lowest BCUT2D eigenvalue weighted by Crippen LogP contribution is -2.42. The van der Waals surface area contributed by atoms with E-state index in [4.69, 9.17) is 4.74 Å². The number of likely N-dealkylation sites (tertiary alicyclic amines) is 1. The molecule has 0 saturated carbocycles. The molecule has 0 bridgehead atoms. The zero-order chi connectivity index (χ0) is 13.5. The van der Waals surface area contributed by atoms with Crippen molar-refractivity contribution >= 4 is 11.9 Å². The second kappa shape index (κ2) is 7.39. The molecule has 0 radical (unpaired) electrons. The average Bonchev–Trinajstić information content (AvgIpc) is 2.36. The summed E-state index contributed by atoms with van der Waals surface area (Å²) in [5.41, 5.74) is 0. The second-order valence-electron chi connectivity index (χ2n) is 5.36. The molecule has 1 rings (SSSR count). The molecule has 1 amide bonds. The Labute approximate surface area is 110 Å². The summed E-state index contributed by atoms with van der Waals surface area (Å²) in [7, 11) is 0. The number of rotatable bonds is 5. The SMILES string of the molecule is CCOC(=O)[C@@H]1CCCN(C(=O)CCC(C)C)C1. The minimum absolute atomic E-state index is 0.123. The largest absolute Gasteiger partial charge is 0.466 e. The van der Waals surface area contributed by atoms with Gasteiger partial charge in [-0.2, -0.15) is 0 Å². The van der Waals surface area contributed by atoms with Gasteiger partial charge in [-0.15, -0.1) is 0 Å². The lowest BCUT2D eigenvalue weighted by atomic mass is 9.97. The van der Waals surface area contributed by atoms with E-state index < -0.39 is 0 Å². The molecule has 0 unspecified atom stereocenters. The standard InChI is InChI=1S/C14H25NO3/c1-4-18-14(17)12-6-5-9-15(10-12)13(16)8-7-11(2)3/h11-12H,4-10H2,1-3H3/t12-/m1/s1. The maximum atomic E-state index is 12.0. The van der Waals surface area contributed by atoms with Crippen molar-refractivity contribution in [2.45, 2.75) is 46.5 Å². The molecule has 0 spiro atoms. The summed E-state index contributed by atoms with van der Waals surface area (Å²) < 4.78 is 5.03. The van der Waals surface area contributed by atoms with Gasteiger partial charge in [-0.05, 0) is 32.1 Å². The second-order valence-corrected chi connectivity index (χ2v) is 5.36. The van der Waals surface area contributed by atoms with E-state index in [0.717, 1.165) is 25.8 Å². The molecule has 4 nitrogen and oxygen atoms in total. The van der Waals surface area contributed by atoms with Crippen LogP contribution in [-0.4, -0.2) is 36.5 Å². The van der Waals surface area contributed by atoms with E-state index in [1.807, 2.05) is 11.8 Å². The van der Waals surface area contributed by atoms with Crippen LogP contribution in [-0.2, 0) is 14.3 Å². The first-order valence-electron chi connectivity index (χ1n) is 6.99. The maximum Gasteiger partial charge on any atom is 0.310 e. The molecule has 1 aliphatic heterocycles. The average molecular weight is 255 g/mol. The van der Waals surface area contributed by atoms with Crippen molar-refractivity contribution in [3.63, 3.8) is 0 Å². The van der Waals surface area contributed by atoms with Crippen molar-refractivity contribution < 1.29 is 14.3 Å². The number of carbonyl (C=O) groups is 2. The lowest BCUT2D eigenvalue weighted by molar-refractivity contribution is -0.151. The van der Waals surface area contributed by atoms with E-state index in [2.05, 4.69) is 13.8 Å². The summed E-state index contributed by atoms with van der Waals surface area (Å²) in [6.07, 6.45) is 3.25. The van der Waals surface area contributed by atoms with Crippen molar-refractivity contribution in [3.05, 3.63) is 0 Å². The van der Waals surface area contributed by atoms with Crippen LogP contribution in [0.25, 0.3) is 0 Å². The van der Waals surface area contributed by atoms with Crippen molar-refractivity contribution in [1.82, 2.24) is 4.90 Å². The van der Waals surface area contributed by atoms with Gasteiger partial charge >= 0.3 is 5.97 Å². The molecule has 0 aromatic carbocycles. The highest BCUT2D eigenvalue weighted by molar-refractivity contribution is 5.78. The number of amides is 1. The van der Waals surface area contributed by atoms with Gasteiger partial charge < -0.3 is 9.64 Å². The Kier molecular flexibility index (Phi) is 6.16. The molecule has 0 aliphatic carbocycles. The lowest BCUT2D eigenvalue weighted by Gasteiger charge is -2.31. The minimum Gasteiger partial charge on any atom is -0.466 e. The Bertz CT molecular complexity index is 289. The third-order valence-corrected chi connectivity index (χ3v) is 3.33. The number of hydrogen-bond acceptors (Lipinski definition) is 3. The fourth-order valence-electron chi connectivity index (χ4n) is 2.23. The van der Waals surface area contributed by atoms with E-state index in [0.29, 0.717) is 25.5 Å². The molecule has 0 N–H and O–H groups in total. The number of piperidine rings is 1. The van der Waals surface area contributed by atoms with Gasteiger partial charge in [0.15, 0.2) is 0 Å².